The van der Waals surface area contributed by atoms with E-state index in [2.05, 4.69) is 15.3 Å². The molecule has 0 saturated heterocycles. The highest BCUT2D eigenvalue weighted by Gasteiger charge is 2.11. The predicted octanol–water partition coefficient (Wildman–Crippen LogP) is -0.228. The van der Waals surface area contributed by atoms with Crippen LogP contribution in [0, 0.1) is 0 Å². The Hall–Kier alpha value is -2.61. The Bertz CT molecular complexity index is 708. The van der Waals surface area contributed by atoms with Crippen LogP contribution in [0.2, 0.25) is 0 Å². The molecule has 0 spiro atoms. The minimum absolute atomic E-state index is 0.0803. The van der Waals surface area contributed by atoms with Crippen molar-refractivity contribution in [2.75, 3.05) is 24.8 Å². The fraction of sp³-hybridized carbons (Fsp3) is 0.308. The van der Waals surface area contributed by atoms with Crippen LogP contribution in [0.4, 0.5) is 11.5 Å². The zero-order chi connectivity index (χ0) is 15.2. The monoisotopic (exact) mass is 291 g/mol. The number of aromatic nitrogens is 3. The lowest BCUT2D eigenvalue weighted by atomic mass is 10.3. The summed E-state index contributed by atoms with van der Waals surface area (Å²) >= 11 is 0. The molecule has 2 rings (SSSR count). The molecule has 112 valence electrons. The van der Waals surface area contributed by atoms with Gasteiger partial charge in [0.25, 0.3) is 5.56 Å². The van der Waals surface area contributed by atoms with Crippen molar-refractivity contribution in [1.82, 2.24) is 14.5 Å². The number of hydrogen-bond acceptors (Lipinski definition) is 6. The third-order valence-electron chi connectivity index (χ3n) is 2.93. The summed E-state index contributed by atoms with van der Waals surface area (Å²) in [6, 6.07) is 5.46. The number of nitrogens with one attached hydrogen (secondary N) is 2. The normalized spacial score (nSPS) is 10.5. The number of aromatic amines is 1. The molecule has 0 atom stereocenters. The van der Waals surface area contributed by atoms with Gasteiger partial charge in [0.2, 0.25) is 0 Å². The number of nitrogens with two attached hydrogens (primary N) is 1. The number of nitrogens with zero attached hydrogens (tertiary/aromatic N) is 2. The van der Waals surface area contributed by atoms with Crippen LogP contribution in [0.1, 0.15) is 5.69 Å². The second kappa shape index (κ2) is 6.71. The van der Waals surface area contributed by atoms with Crippen molar-refractivity contribution in [3.05, 3.63) is 50.9 Å². The van der Waals surface area contributed by atoms with Crippen molar-refractivity contribution in [3.8, 4) is 0 Å². The van der Waals surface area contributed by atoms with E-state index in [1.54, 1.807) is 12.3 Å². The van der Waals surface area contributed by atoms with E-state index < -0.39 is 11.2 Å². The summed E-state index contributed by atoms with van der Waals surface area (Å²) in [5, 5.41) is 2.91. The molecule has 0 aliphatic rings. The second-order valence-corrected chi connectivity index (χ2v) is 4.34. The minimum Gasteiger partial charge on any atom is -0.383 e. The highest BCUT2D eigenvalue weighted by atomic mass is 16.5. The molecule has 0 unspecified atom stereocenters. The van der Waals surface area contributed by atoms with E-state index in [-0.39, 0.29) is 18.1 Å². The van der Waals surface area contributed by atoms with Crippen molar-refractivity contribution in [2.45, 2.75) is 13.1 Å². The van der Waals surface area contributed by atoms with Gasteiger partial charge >= 0.3 is 5.69 Å². The van der Waals surface area contributed by atoms with Crippen LogP contribution < -0.4 is 22.3 Å². The van der Waals surface area contributed by atoms with Gasteiger partial charge in [0.05, 0.1) is 25.4 Å². The van der Waals surface area contributed by atoms with Gasteiger partial charge in [-0.2, -0.15) is 0 Å². The number of ether oxygens (including phenoxy) is 1. The summed E-state index contributed by atoms with van der Waals surface area (Å²) in [5.41, 5.74) is 5.69. The maximum Gasteiger partial charge on any atom is 0.330 e. The first-order chi connectivity index (χ1) is 10.1. The van der Waals surface area contributed by atoms with E-state index >= 15 is 0 Å². The molecule has 2 aromatic rings. The van der Waals surface area contributed by atoms with Crippen LogP contribution in [-0.4, -0.2) is 28.3 Å². The molecule has 4 N–H and O–H groups in total. The third-order valence-corrected chi connectivity index (χ3v) is 2.93. The van der Waals surface area contributed by atoms with Crippen LogP contribution >= 0.6 is 0 Å². The van der Waals surface area contributed by atoms with Gasteiger partial charge in [-0.1, -0.05) is 6.07 Å². The van der Waals surface area contributed by atoms with Gasteiger partial charge in [-0.25, -0.2) is 4.79 Å². The number of nitrogen functional groups attached to an aromatic ring is 1. The zero-order valence-electron chi connectivity index (χ0n) is 11.6. The van der Waals surface area contributed by atoms with E-state index in [9.17, 15) is 9.59 Å². The fourth-order valence-corrected chi connectivity index (χ4v) is 1.84. The average molecular weight is 291 g/mol. The highest BCUT2D eigenvalue weighted by molar-refractivity contribution is 5.60. The van der Waals surface area contributed by atoms with Gasteiger partial charge in [-0.05, 0) is 12.1 Å². The Morgan fingerprint density at radius 2 is 2.24 bits per heavy atom. The topological polar surface area (TPSA) is 115 Å². The molecule has 0 fully saturated rings. The third kappa shape index (κ3) is 3.48. The standard InChI is InChI=1S/C13H17N5O3/c1-21-7-6-18-11(14)10(12(19)17-13(18)20)16-8-9-4-2-3-5-15-9/h2-5,16H,6-8,14H2,1H3,(H,17,19,20). The number of hydrogen-bond donors (Lipinski definition) is 3. The van der Waals surface area contributed by atoms with Crippen molar-refractivity contribution < 1.29 is 4.74 Å². The van der Waals surface area contributed by atoms with Gasteiger partial charge in [0.1, 0.15) is 11.5 Å². The van der Waals surface area contributed by atoms with Crippen molar-refractivity contribution in [1.29, 1.82) is 0 Å². The molecule has 0 saturated carbocycles. The average Bonchev–Trinajstić information content (AvgIpc) is 2.47. The van der Waals surface area contributed by atoms with Crippen molar-refractivity contribution in [2.24, 2.45) is 0 Å². The van der Waals surface area contributed by atoms with Crippen LogP contribution in [0.25, 0.3) is 0 Å². The van der Waals surface area contributed by atoms with Crippen molar-refractivity contribution in [3.63, 3.8) is 0 Å². The number of anilines is 2. The molecule has 21 heavy (non-hydrogen) atoms. The molecule has 0 amide bonds. The van der Waals surface area contributed by atoms with E-state index in [1.165, 1.54) is 11.7 Å². The van der Waals surface area contributed by atoms with Gasteiger partial charge in [-0.3, -0.25) is 19.3 Å². The second-order valence-electron chi connectivity index (χ2n) is 4.34. The first-order valence-corrected chi connectivity index (χ1v) is 6.38. The van der Waals surface area contributed by atoms with Crippen molar-refractivity contribution >= 4 is 11.5 Å². The number of rotatable bonds is 6. The molecule has 0 aromatic carbocycles. The molecule has 0 bridgehead atoms. The van der Waals surface area contributed by atoms with Gasteiger partial charge in [0.15, 0.2) is 0 Å². The molecule has 8 nitrogen and oxygen atoms in total. The SMILES string of the molecule is COCCn1c(N)c(NCc2ccccn2)c(=O)[nH]c1=O. The van der Waals surface area contributed by atoms with Gasteiger partial charge in [0, 0.05) is 13.3 Å². The van der Waals surface area contributed by atoms with Crippen LogP contribution in [0.5, 0.6) is 0 Å². The number of pyridine rings is 1. The van der Waals surface area contributed by atoms with Gasteiger partial charge < -0.3 is 15.8 Å². The van der Waals surface area contributed by atoms with E-state index in [0.717, 1.165) is 5.69 Å². The lowest BCUT2D eigenvalue weighted by molar-refractivity contribution is 0.186. The summed E-state index contributed by atoms with van der Waals surface area (Å²) in [4.78, 5) is 29.9. The molecule has 0 aliphatic heterocycles. The Morgan fingerprint density at radius 3 is 2.90 bits per heavy atom. The lowest BCUT2D eigenvalue weighted by Gasteiger charge is -2.13. The van der Waals surface area contributed by atoms with Gasteiger partial charge in [-0.15, -0.1) is 0 Å². The summed E-state index contributed by atoms with van der Waals surface area (Å²) in [5.74, 6) is 0.0803. The van der Waals surface area contributed by atoms with Crippen LogP contribution in [-0.2, 0) is 17.8 Å². The maximum atomic E-state index is 11.8. The fourth-order valence-electron chi connectivity index (χ4n) is 1.84. The molecular weight excluding hydrogens is 274 g/mol. The first kappa shape index (κ1) is 14.8. The Labute approximate surface area is 120 Å². The summed E-state index contributed by atoms with van der Waals surface area (Å²) < 4.78 is 6.17. The number of H-pyrrole nitrogens is 1. The quantitative estimate of drug-likeness (QED) is 0.677. The summed E-state index contributed by atoms with van der Waals surface area (Å²) in [6.07, 6.45) is 1.66. The predicted molar refractivity (Wildman–Crippen MR) is 79.2 cm³/mol. The molecule has 2 aromatic heterocycles. The van der Waals surface area contributed by atoms with Crippen LogP contribution in [0.3, 0.4) is 0 Å². The molecule has 0 radical (unpaired) electrons. The molecule has 8 heteroatoms. The maximum absolute atomic E-state index is 11.8. The largest absolute Gasteiger partial charge is 0.383 e. The molecular formula is C13H17N5O3. The van der Waals surface area contributed by atoms with E-state index in [0.29, 0.717) is 13.2 Å². The first-order valence-electron chi connectivity index (χ1n) is 6.38. The summed E-state index contributed by atoms with van der Waals surface area (Å²) in [6.45, 7) is 0.905. The minimum atomic E-state index is -0.557. The molecule has 2 heterocycles. The molecule has 0 aliphatic carbocycles. The smallest absolute Gasteiger partial charge is 0.330 e. The van der Waals surface area contributed by atoms with Crippen LogP contribution in [0.15, 0.2) is 34.0 Å². The van der Waals surface area contributed by atoms with E-state index in [1.807, 2.05) is 12.1 Å². The Kier molecular flexibility index (Phi) is 4.72. The lowest BCUT2D eigenvalue weighted by Crippen LogP contribution is -2.35. The number of methoxy groups -OCH3 is 1. The Balaban J connectivity index is 2.26. The highest BCUT2D eigenvalue weighted by Crippen LogP contribution is 2.11. The zero-order valence-corrected chi connectivity index (χ0v) is 11.6. The summed E-state index contributed by atoms with van der Waals surface area (Å²) in [7, 11) is 1.52. The van der Waals surface area contributed by atoms with E-state index in [4.69, 9.17) is 10.5 Å². The Morgan fingerprint density at radius 1 is 1.43 bits per heavy atom.